The third-order valence-corrected chi connectivity index (χ3v) is 4.72. The van der Waals surface area contributed by atoms with Crippen LogP contribution in [0.25, 0.3) is 0 Å². The number of carbonyl (C=O) groups is 2. The lowest BCUT2D eigenvalue weighted by atomic mass is 9.86. The summed E-state index contributed by atoms with van der Waals surface area (Å²) in [6.07, 6.45) is 3.37. The van der Waals surface area contributed by atoms with Crippen LogP contribution in [-0.4, -0.2) is 28.9 Å². The Bertz CT molecular complexity index is 673. The van der Waals surface area contributed by atoms with Gasteiger partial charge in [0.15, 0.2) is 6.10 Å². The minimum atomic E-state index is -0.919. The van der Waals surface area contributed by atoms with Crippen molar-refractivity contribution in [1.82, 2.24) is 5.32 Å². The van der Waals surface area contributed by atoms with Crippen molar-refractivity contribution in [2.75, 3.05) is 0 Å². The normalized spacial score (nSPS) is 21.2. The van der Waals surface area contributed by atoms with Gasteiger partial charge < -0.3 is 10.1 Å². The highest BCUT2D eigenvalue weighted by molar-refractivity contribution is 5.92. The summed E-state index contributed by atoms with van der Waals surface area (Å²) >= 11 is 0. The average molecular weight is 348 g/mol. The first-order valence-corrected chi connectivity index (χ1v) is 8.56. The Labute approximate surface area is 146 Å². The van der Waals surface area contributed by atoms with Crippen LogP contribution in [0.1, 0.15) is 55.5 Å². The summed E-state index contributed by atoms with van der Waals surface area (Å²) in [5.41, 5.74) is 0.495. The molecule has 0 spiro atoms. The molecular weight excluding hydrogens is 324 g/mol. The first kappa shape index (κ1) is 18.9. The molecule has 3 unspecified atom stereocenters. The van der Waals surface area contributed by atoms with Gasteiger partial charge in [0, 0.05) is 17.7 Å². The van der Waals surface area contributed by atoms with E-state index in [-0.39, 0.29) is 23.2 Å². The molecule has 0 heterocycles. The maximum absolute atomic E-state index is 12.3. The highest BCUT2D eigenvalue weighted by atomic mass is 16.6. The standard InChI is InChI=1S/C18H24N2O5/c1-11-6-4-5-7-15(11)19-17(21)13(3)25-18(22)14-8-9-16(20(23)24)12(2)10-14/h8-11,13,15H,4-7H2,1-3H3,(H,19,21). The fourth-order valence-corrected chi connectivity index (χ4v) is 3.10. The van der Waals surface area contributed by atoms with Gasteiger partial charge in [-0.25, -0.2) is 4.79 Å². The number of hydrogen-bond donors (Lipinski definition) is 1. The van der Waals surface area contributed by atoms with Gasteiger partial charge >= 0.3 is 5.97 Å². The molecule has 1 aromatic carbocycles. The van der Waals surface area contributed by atoms with Crippen LogP contribution in [0.5, 0.6) is 0 Å². The van der Waals surface area contributed by atoms with E-state index in [2.05, 4.69) is 12.2 Å². The molecule has 2 rings (SSSR count). The number of ether oxygens (including phenoxy) is 1. The first-order valence-electron chi connectivity index (χ1n) is 8.56. The van der Waals surface area contributed by atoms with Crippen LogP contribution >= 0.6 is 0 Å². The molecule has 1 aliphatic rings. The zero-order chi connectivity index (χ0) is 18.6. The number of rotatable bonds is 5. The molecule has 1 aliphatic carbocycles. The lowest BCUT2D eigenvalue weighted by molar-refractivity contribution is -0.385. The van der Waals surface area contributed by atoms with E-state index >= 15 is 0 Å². The second-order valence-corrected chi connectivity index (χ2v) is 6.68. The Morgan fingerprint density at radius 1 is 1.32 bits per heavy atom. The predicted molar refractivity (Wildman–Crippen MR) is 92.3 cm³/mol. The number of benzene rings is 1. The third kappa shape index (κ3) is 4.78. The van der Waals surface area contributed by atoms with Crippen molar-refractivity contribution >= 4 is 17.6 Å². The lowest BCUT2D eigenvalue weighted by Gasteiger charge is -2.30. The molecular formula is C18H24N2O5. The van der Waals surface area contributed by atoms with E-state index < -0.39 is 17.0 Å². The van der Waals surface area contributed by atoms with Crippen molar-refractivity contribution in [3.8, 4) is 0 Å². The van der Waals surface area contributed by atoms with E-state index in [1.54, 1.807) is 6.92 Å². The number of carbonyl (C=O) groups excluding carboxylic acids is 2. The molecule has 0 aromatic heterocycles. The lowest BCUT2D eigenvalue weighted by Crippen LogP contribution is -2.45. The molecule has 1 N–H and O–H groups in total. The maximum atomic E-state index is 12.3. The Balaban J connectivity index is 1.96. The van der Waals surface area contributed by atoms with Crippen LogP contribution in [0.15, 0.2) is 18.2 Å². The molecule has 7 nitrogen and oxygen atoms in total. The molecule has 25 heavy (non-hydrogen) atoms. The third-order valence-electron chi connectivity index (χ3n) is 4.72. The number of nitro groups is 1. The van der Waals surface area contributed by atoms with Crippen molar-refractivity contribution in [2.45, 2.75) is 58.6 Å². The van der Waals surface area contributed by atoms with E-state index in [0.717, 1.165) is 19.3 Å². The molecule has 0 saturated heterocycles. The average Bonchev–Trinajstić information content (AvgIpc) is 2.56. The Hall–Kier alpha value is -2.44. The molecule has 1 saturated carbocycles. The highest BCUT2D eigenvalue weighted by Gasteiger charge is 2.26. The molecule has 7 heteroatoms. The van der Waals surface area contributed by atoms with Gasteiger partial charge in [0.05, 0.1) is 10.5 Å². The van der Waals surface area contributed by atoms with Crippen molar-refractivity contribution in [3.05, 3.63) is 39.4 Å². The summed E-state index contributed by atoms with van der Waals surface area (Å²) in [6.45, 7) is 5.19. The van der Waals surface area contributed by atoms with E-state index in [1.807, 2.05) is 0 Å². The quantitative estimate of drug-likeness (QED) is 0.501. The van der Waals surface area contributed by atoms with E-state index in [1.165, 1.54) is 31.5 Å². The SMILES string of the molecule is Cc1cc(C(=O)OC(C)C(=O)NC2CCCCC2C)ccc1[N+](=O)[O-]. The van der Waals surface area contributed by atoms with Gasteiger partial charge in [-0.3, -0.25) is 14.9 Å². The van der Waals surface area contributed by atoms with Gasteiger partial charge in [0.2, 0.25) is 0 Å². The Kier molecular flexibility index (Phi) is 6.12. The van der Waals surface area contributed by atoms with Crippen molar-refractivity contribution < 1.29 is 19.2 Å². The fourth-order valence-electron chi connectivity index (χ4n) is 3.10. The number of esters is 1. The van der Waals surface area contributed by atoms with Gasteiger partial charge in [-0.1, -0.05) is 19.8 Å². The van der Waals surface area contributed by atoms with Crippen LogP contribution in [-0.2, 0) is 9.53 Å². The number of nitrogens with one attached hydrogen (secondary N) is 1. The Morgan fingerprint density at radius 2 is 2.00 bits per heavy atom. The molecule has 0 radical (unpaired) electrons. The first-order chi connectivity index (χ1) is 11.8. The van der Waals surface area contributed by atoms with E-state index in [4.69, 9.17) is 4.74 Å². The van der Waals surface area contributed by atoms with E-state index in [0.29, 0.717) is 11.5 Å². The number of nitro benzene ring substituents is 1. The molecule has 136 valence electrons. The zero-order valence-corrected chi connectivity index (χ0v) is 14.8. The van der Waals surface area contributed by atoms with Gasteiger partial charge in [-0.05, 0) is 44.7 Å². The van der Waals surface area contributed by atoms with Crippen LogP contribution in [0.4, 0.5) is 5.69 Å². The van der Waals surface area contributed by atoms with Gasteiger partial charge in [0.1, 0.15) is 0 Å². The predicted octanol–water partition coefficient (Wildman–Crippen LogP) is 3.14. The number of nitrogens with zero attached hydrogens (tertiary/aromatic N) is 1. The molecule has 0 bridgehead atoms. The van der Waals surface area contributed by atoms with Gasteiger partial charge in [0.25, 0.3) is 11.6 Å². The number of aryl methyl sites for hydroxylation is 1. The molecule has 1 amide bonds. The van der Waals surface area contributed by atoms with Crippen LogP contribution < -0.4 is 5.32 Å². The van der Waals surface area contributed by atoms with Crippen LogP contribution in [0, 0.1) is 23.0 Å². The molecule has 0 aliphatic heterocycles. The van der Waals surface area contributed by atoms with Crippen molar-refractivity contribution in [3.63, 3.8) is 0 Å². The fraction of sp³-hybridized carbons (Fsp3) is 0.556. The molecule has 1 fully saturated rings. The topological polar surface area (TPSA) is 98.5 Å². The second kappa shape index (κ2) is 8.09. The second-order valence-electron chi connectivity index (χ2n) is 6.68. The molecule has 1 aromatic rings. The van der Waals surface area contributed by atoms with Crippen molar-refractivity contribution in [1.29, 1.82) is 0 Å². The van der Waals surface area contributed by atoms with E-state index in [9.17, 15) is 19.7 Å². The summed E-state index contributed by atoms with van der Waals surface area (Å²) in [7, 11) is 0. The highest BCUT2D eigenvalue weighted by Crippen LogP contribution is 2.24. The molecule has 3 atom stereocenters. The zero-order valence-electron chi connectivity index (χ0n) is 14.8. The van der Waals surface area contributed by atoms with Gasteiger partial charge in [-0.15, -0.1) is 0 Å². The van der Waals surface area contributed by atoms with Crippen molar-refractivity contribution in [2.24, 2.45) is 5.92 Å². The monoisotopic (exact) mass is 348 g/mol. The summed E-state index contributed by atoms with van der Waals surface area (Å²) in [5, 5.41) is 13.8. The summed E-state index contributed by atoms with van der Waals surface area (Å²) in [5.74, 6) is -0.569. The largest absolute Gasteiger partial charge is 0.449 e. The van der Waals surface area contributed by atoms with Gasteiger partial charge in [-0.2, -0.15) is 0 Å². The Morgan fingerprint density at radius 3 is 2.60 bits per heavy atom. The number of amides is 1. The minimum absolute atomic E-state index is 0.0615. The van der Waals surface area contributed by atoms with Crippen LogP contribution in [0.3, 0.4) is 0 Å². The summed E-state index contributed by atoms with van der Waals surface area (Å²) in [6, 6.07) is 4.11. The summed E-state index contributed by atoms with van der Waals surface area (Å²) < 4.78 is 5.21. The maximum Gasteiger partial charge on any atom is 0.338 e. The summed E-state index contributed by atoms with van der Waals surface area (Å²) in [4.78, 5) is 34.7. The van der Waals surface area contributed by atoms with Crippen LogP contribution in [0.2, 0.25) is 0 Å². The smallest absolute Gasteiger partial charge is 0.338 e. The minimum Gasteiger partial charge on any atom is -0.449 e. The number of hydrogen-bond acceptors (Lipinski definition) is 5.